The molecule has 1 aliphatic rings. The van der Waals surface area contributed by atoms with E-state index in [9.17, 15) is 9.18 Å². The van der Waals surface area contributed by atoms with E-state index in [2.05, 4.69) is 25.8 Å². The number of nitrogens with zero attached hydrogens (tertiary/aromatic N) is 2. The van der Waals surface area contributed by atoms with Gasteiger partial charge in [0, 0.05) is 0 Å². The number of carbonyl (C=O) groups excluding carboxylic acids is 1. The summed E-state index contributed by atoms with van der Waals surface area (Å²) in [6.07, 6.45) is 2.06. The molecule has 0 spiro atoms. The maximum atomic E-state index is 13.3. The summed E-state index contributed by atoms with van der Waals surface area (Å²) in [5.41, 5.74) is 0.808. The molecule has 0 saturated heterocycles. The molecule has 8 heteroatoms. The van der Waals surface area contributed by atoms with Gasteiger partial charge in [0.15, 0.2) is 5.82 Å². The number of rotatable bonds is 5. The molecule has 1 aromatic carbocycles. The molecule has 2 aromatic rings. The Balaban J connectivity index is 1.62. The number of H-pyrrole nitrogens is 1. The van der Waals surface area contributed by atoms with Gasteiger partial charge in [-0.2, -0.15) is 5.10 Å². The molecule has 0 aliphatic heterocycles. The number of nitrogens with one attached hydrogen (secondary N) is 3. The van der Waals surface area contributed by atoms with Crippen molar-refractivity contribution in [2.24, 2.45) is 5.92 Å². The normalized spacial score (nSPS) is 15.3. The van der Waals surface area contributed by atoms with Gasteiger partial charge in [-0.05, 0) is 43.4 Å². The summed E-state index contributed by atoms with van der Waals surface area (Å²) in [5.74, 6) is 1.10. The Morgan fingerprint density at radius 1 is 1.52 bits per heavy atom. The van der Waals surface area contributed by atoms with Crippen LogP contribution in [0.3, 0.4) is 0 Å². The molecule has 0 bridgehead atoms. The van der Waals surface area contributed by atoms with Crippen LogP contribution in [0.15, 0.2) is 18.2 Å². The van der Waals surface area contributed by atoms with Gasteiger partial charge in [0.25, 0.3) is 0 Å². The summed E-state index contributed by atoms with van der Waals surface area (Å²) in [6, 6.07) is 4.05. The molecule has 1 aromatic heterocycles. The molecule has 23 heavy (non-hydrogen) atoms. The van der Waals surface area contributed by atoms with Gasteiger partial charge in [-0.25, -0.2) is 14.2 Å². The van der Waals surface area contributed by atoms with Crippen molar-refractivity contribution >= 4 is 17.6 Å². The molecule has 1 fully saturated rings. The highest BCUT2D eigenvalue weighted by Gasteiger charge is 2.33. The van der Waals surface area contributed by atoms with Crippen molar-refractivity contribution in [3.05, 3.63) is 46.3 Å². The van der Waals surface area contributed by atoms with E-state index in [0.29, 0.717) is 17.6 Å². The third-order valence-electron chi connectivity index (χ3n) is 3.73. The SMILES string of the molecule is Cc1nc(CNC(=O)NC(c2ccc(F)c(Cl)c2)C2CC2)n[nH]1. The first-order valence-corrected chi connectivity index (χ1v) is 7.78. The minimum Gasteiger partial charge on any atom is -0.331 e. The van der Waals surface area contributed by atoms with Crippen molar-refractivity contribution < 1.29 is 9.18 Å². The summed E-state index contributed by atoms with van der Waals surface area (Å²) in [7, 11) is 0. The van der Waals surface area contributed by atoms with Gasteiger partial charge in [-0.15, -0.1) is 0 Å². The first kappa shape index (κ1) is 15.7. The Hall–Kier alpha value is -2.15. The van der Waals surface area contributed by atoms with E-state index in [1.165, 1.54) is 6.07 Å². The smallest absolute Gasteiger partial charge is 0.315 e. The van der Waals surface area contributed by atoms with E-state index >= 15 is 0 Å². The molecule has 1 aliphatic carbocycles. The fourth-order valence-electron chi connectivity index (χ4n) is 2.43. The summed E-state index contributed by atoms with van der Waals surface area (Å²) in [5, 5.41) is 12.4. The highest BCUT2D eigenvalue weighted by Crippen LogP contribution is 2.41. The monoisotopic (exact) mass is 337 g/mol. The van der Waals surface area contributed by atoms with Gasteiger partial charge in [-0.1, -0.05) is 17.7 Å². The van der Waals surface area contributed by atoms with Crippen LogP contribution in [0.2, 0.25) is 5.02 Å². The maximum absolute atomic E-state index is 13.3. The molecule has 6 nitrogen and oxygen atoms in total. The van der Waals surface area contributed by atoms with Crippen LogP contribution in [0.25, 0.3) is 0 Å². The zero-order valence-electron chi connectivity index (χ0n) is 12.6. The van der Waals surface area contributed by atoms with Gasteiger partial charge >= 0.3 is 6.03 Å². The highest BCUT2D eigenvalue weighted by molar-refractivity contribution is 6.30. The van der Waals surface area contributed by atoms with Crippen molar-refractivity contribution in [3.63, 3.8) is 0 Å². The van der Waals surface area contributed by atoms with Crippen LogP contribution in [0.4, 0.5) is 9.18 Å². The minimum atomic E-state index is -0.464. The topological polar surface area (TPSA) is 82.7 Å². The molecule has 1 saturated carbocycles. The Morgan fingerprint density at radius 2 is 2.30 bits per heavy atom. The first-order valence-electron chi connectivity index (χ1n) is 7.40. The van der Waals surface area contributed by atoms with Crippen LogP contribution in [0.5, 0.6) is 0 Å². The first-order chi connectivity index (χ1) is 11.0. The highest BCUT2D eigenvalue weighted by atomic mass is 35.5. The quantitative estimate of drug-likeness (QED) is 0.784. The third-order valence-corrected chi connectivity index (χ3v) is 4.02. The number of hydrogen-bond donors (Lipinski definition) is 3. The lowest BCUT2D eigenvalue weighted by Crippen LogP contribution is -2.38. The number of amides is 2. The number of hydrogen-bond acceptors (Lipinski definition) is 3. The second-order valence-electron chi connectivity index (χ2n) is 5.65. The molecule has 1 heterocycles. The van der Waals surface area contributed by atoms with Gasteiger partial charge < -0.3 is 10.6 Å². The van der Waals surface area contributed by atoms with E-state index in [4.69, 9.17) is 11.6 Å². The van der Waals surface area contributed by atoms with Crippen molar-refractivity contribution in [2.45, 2.75) is 32.4 Å². The number of aryl methyl sites for hydroxylation is 1. The van der Waals surface area contributed by atoms with E-state index in [0.717, 1.165) is 18.4 Å². The average Bonchev–Trinajstić information content (AvgIpc) is 3.28. The number of aromatic amines is 1. The second-order valence-corrected chi connectivity index (χ2v) is 6.06. The van der Waals surface area contributed by atoms with Crippen molar-refractivity contribution in [1.82, 2.24) is 25.8 Å². The van der Waals surface area contributed by atoms with Gasteiger partial charge in [0.2, 0.25) is 0 Å². The van der Waals surface area contributed by atoms with E-state index < -0.39 is 5.82 Å². The Labute approximate surface area is 137 Å². The lowest BCUT2D eigenvalue weighted by molar-refractivity contribution is 0.235. The van der Waals surface area contributed by atoms with E-state index in [1.807, 2.05) is 0 Å². The number of urea groups is 1. The molecule has 3 N–H and O–H groups in total. The van der Waals surface area contributed by atoms with Crippen molar-refractivity contribution in [3.8, 4) is 0 Å². The standard InChI is InChI=1S/C15H17ClFN5O/c1-8-19-13(22-21-8)7-18-15(23)20-14(9-2-3-9)10-4-5-12(17)11(16)6-10/h4-6,9,14H,2-3,7H2,1H3,(H2,18,20,23)(H,19,21,22). The molecule has 3 rings (SSSR count). The third kappa shape index (κ3) is 3.98. The average molecular weight is 338 g/mol. The maximum Gasteiger partial charge on any atom is 0.315 e. The van der Waals surface area contributed by atoms with Gasteiger partial charge in [0.05, 0.1) is 17.6 Å². The van der Waals surface area contributed by atoms with Crippen molar-refractivity contribution in [2.75, 3.05) is 0 Å². The van der Waals surface area contributed by atoms with Gasteiger partial charge in [0.1, 0.15) is 11.6 Å². The van der Waals surface area contributed by atoms with Gasteiger partial charge in [-0.3, -0.25) is 5.10 Å². The molecular weight excluding hydrogens is 321 g/mol. The van der Waals surface area contributed by atoms with Crippen molar-refractivity contribution in [1.29, 1.82) is 0 Å². The van der Waals surface area contributed by atoms with Crippen LogP contribution in [0, 0.1) is 18.7 Å². The number of aromatic nitrogens is 3. The fourth-order valence-corrected chi connectivity index (χ4v) is 2.62. The summed E-state index contributed by atoms with van der Waals surface area (Å²) < 4.78 is 13.3. The number of carbonyl (C=O) groups is 1. The summed E-state index contributed by atoms with van der Waals surface area (Å²) >= 11 is 5.84. The molecule has 0 radical (unpaired) electrons. The molecule has 1 atom stereocenters. The molecule has 122 valence electrons. The van der Waals surface area contributed by atoms with E-state index in [1.54, 1.807) is 19.1 Å². The zero-order chi connectivity index (χ0) is 16.4. The zero-order valence-corrected chi connectivity index (χ0v) is 13.3. The lowest BCUT2D eigenvalue weighted by atomic mass is 10.0. The van der Waals surface area contributed by atoms with Crippen LogP contribution < -0.4 is 10.6 Å². The number of halogens is 2. The van der Waals surface area contributed by atoms with Crippen LogP contribution in [-0.2, 0) is 6.54 Å². The predicted molar refractivity (Wildman–Crippen MR) is 83.4 cm³/mol. The predicted octanol–water partition coefficient (Wildman–Crippen LogP) is 2.86. The summed E-state index contributed by atoms with van der Waals surface area (Å²) in [6.45, 7) is 2.02. The molecule has 2 amide bonds. The van der Waals surface area contributed by atoms with Crippen LogP contribution >= 0.6 is 11.6 Å². The fraction of sp³-hybridized carbons (Fsp3) is 0.400. The van der Waals surface area contributed by atoms with E-state index in [-0.39, 0.29) is 23.6 Å². The number of benzene rings is 1. The largest absolute Gasteiger partial charge is 0.331 e. The van der Waals surface area contributed by atoms with Crippen LogP contribution in [-0.4, -0.2) is 21.2 Å². The Morgan fingerprint density at radius 3 is 2.91 bits per heavy atom. The Bertz CT molecular complexity index is 716. The molecule has 1 unspecified atom stereocenters. The second kappa shape index (κ2) is 6.54. The summed E-state index contributed by atoms with van der Waals surface area (Å²) in [4.78, 5) is 16.2. The lowest BCUT2D eigenvalue weighted by Gasteiger charge is -2.19. The molecular formula is C15H17ClFN5O. The van der Waals surface area contributed by atoms with Crippen LogP contribution in [0.1, 0.15) is 36.1 Å². The Kier molecular flexibility index (Phi) is 4.47. The minimum absolute atomic E-state index is 0.0616.